The predicted molar refractivity (Wildman–Crippen MR) is 74.1 cm³/mol. The van der Waals surface area contributed by atoms with Crippen molar-refractivity contribution in [3.05, 3.63) is 29.3 Å². The quantitative estimate of drug-likeness (QED) is 0.883. The number of benzene rings is 1. The van der Waals surface area contributed by atoms with Gasteiger partial charge < -0.3 is 5.32 Å². The molecule has 2 aliphatic rings. The fraction of sp³-hybridized carbons (Fsp3) is 0.571. The standard InChI is InChI=1S/C14H20N2O2S/c1-14(5-2-6-14)10-16-19(17,18)13-4-3-11-8-15-9-12(11)7-13/h3-4,7,15-16H,2,5-6,8-10H2,1H3. The van der Waals surface area contributed by atoms with Crippen molar-refractivity contribution < 1.29 is 8.42 Å². The van der Waals surface area contributed by atoms with Crippen molar-refractivity contribution in [1.29, 1.82) is 0 Å². The highest BCUT2D eigenvalue weighted by Gasteiger charge is 2.33. The Balaban J connectivity index is 1.76. The zero-order valence-corrected chi connectivity index (χ0v) is 12.0. The topological polar surface area (TPSA) is 58.2 Å². The van der Waals surface area contributed by atoms with Crippen molar-refractivity contribution in [2.75, 3.05) is 6.54 Å². The summed E-state index contributed by atoms with van der Waals surface area (Å²) in [5, 5.41) is 3.23. The molecule has 0 amide bonds. The van der Waals surface area contributed by atoms with Crippen LogP contribution in [0.15, 0.2) is 23.1 Å². The summed E-state index contributed by atoms with van der Waals surface area (Å²) in [6.07, 6.45) is 3.44. The van der Waals surface area contributed by atoms with Gasteiger partial charge in [-0.2, -0.15) is 0 Å². The van der Waals surface area contributed by atoms with Crippen molar-refractivity contribution in [2.24, 2.45) is 5.41 Å². The van der Waals surface area contributed by atoms with E-state index in [4.69, 9.17) is 0 Å². The summed E-state index contributed by atoms with van der Waals surface area (Å²) in [6, 6.07) is 5.41. The highest BCUT2D eigenvalue weighted by Crippen LogP contribution is 2.39. The van der Waals surface area contributed by atoms with Crippen molar-refractivity contribution in [2.45, 2.75) is 44.2 Å². The Morgan fingerprint density at radius 1 is 1.26 bits per heavy atom. The van der Waals surface area contributed by atoms with Crippen molar-refractivity contribution >= 4 is 10.0 Å². The van der Waals surface area contributed by atoms with Gasteiger partial charge in [-0.15, -0.1) is 0 Å². The van der Waals surface area contributed by atoms with E-state index in [-0.39, 0.29) is 5.41 Å². The number of rotatable bonds is 4. The first-order valence-electron chi connectivity index (χ1n) is 6.81. The van der Waals surface area contributed by atoms with Gasteiger partial charge in [-0.25, -0.2) is 13.1 Å². The Morgan fingerprint density at radius 2 is 2.00 bits per heavy atom. The summed E-state index contributed by atoms with van der Waals surface area (Å²) in [7, 11) is -3.37. The minimum Gasteiger partial charge on any atom is -0.309 e. The van der Waals surface area contributed by atoms with Crippen LogP contribution in [0.1, 0.15) is 37.3 Å². The van der Waals surface area contributed by atoms with Crippen LogP contribution in [0.4, 0.5) is 0 Å². The van der Waals surface area contributed by atoms with Crippen LogP contribution >= 0.6 is 0 Å². The molecule has 5 heteroatoms. The fourth-order valence-corrected chi connectivity index (χ4v) is 4.00. The molecule has 0 unspecified atom stereocenters. The van der Waals surface area contributed by atoms with Gasteiger partial charge in [0, 0.05) is 19.6 Å². The highest BCUT2D eigenvalue weighted by molar-refractivity contribution is 7.89. The molecule has 3 rings (SSSR count). The zero-order chi connectivity index (χ0) is 13.5. The normalized spacial score (nSPS) is 20.9. The van der Waals surface area contributed by atoms with Crippen LogP contribution in [0.5, 0.6) is 0 Å². The molecule has 0 aromatic heterocycles. The molecule has 2 N–H and O–H groups in total. The van der Waals surface area contributed by atoms with Crippen LogP contribution in [0.2, 0.25) is 0 Å². The van der Waals surface area contributed by atoms with Crippen LogP contribution in [-0.4, -0.2) is 15.0 Å². The third-order valence-corrected chi connectivity index (χ3v) is 5.77. The molecule has 1 fully saturated rings. The zero-order valence-electron chi connectivity index (χ0n) is 11.2. The largest absolute Gasteiger partial charge is 0.309 e. The summed E-state index contributed by atoms with van der Waals surface area (Å²) in [6.45, 7) is 4.29. The smallest absolute Gasteiger partial charge is 0.240 e. The molecule has 1 aliphatic carbocycles. The minimum atomic E-state index is -3.37. The lowest BCUT2D eigenvalue weighted by molar-refractivity contribution is 0.166. The molecule has 1 saturated carbocycles. The van der Waals surface area contributed by atoms with Crippen LogP contribution in [-0.2, 0) is 23.1 Å². The Morgan fingerprint density at radius 3 is 2.68 bits per heavy atom. The lowest BCUT2D eigenvalue weighted by Crippen LogP contribution is -2.39. The maximum absolute atomic E-state index is 12.3. The van der Waals surface area contributed by atoms with E-state index in [0.29, 0.717) is 11.4 Å². The van der Waals surface area contributed by atoms with Gasteiger partial charge >= 0.3 is 0 Å². The summed E-state index contributed by atoms with van der Waals surface area (Å²) >= 11 is 0. The van der Waals surface area contributed by atoms with E-state index in [2.05, 4.69) is 17.0 Å². The van der Waals surface area contributed by atoms with E-state index in [0.717, 1.165) is 31.5 Å². The molecule has 0 atom stereocenters. The molecule has 1 aliphatic heterocycles. The first kappa shape index (κ1) is 13.1. The summed E-state index contributed by atoms with van der Waals surface area (Å²) < 4.78 is 27.3. The SMILES string of the molecule is CC1(CNS(=O)(=O)c2ccc3c(c2)CNC3)CCC1. The molecular weight excluding hydrogens is 260 g/mol. The second-order valence-electron chi connectivity index (χ2n) is 6.02. The van der Waals surface area contributed by atoms with Crippen molar-refractivity contribution in [3.63, 3.8) is 0 Å². The molecule has 0 spiro atoms. The van der Waals surface area contributed by atoms with Gasteiger partial charge in [0.05, 0.1) is 4.90 Å². The second-order valence-corrected chi connectivity index (χ2v) is 7.79. The lowest BCUT2D eigenvalue weighted by atomic mass is 9.71. The first-order chi connectivity index (χ1) is 8.99. The molecule has 1 heterocycles. The minimum absolute atomic E-state index is 0.158. The average Bonchev–Trinajstić information content (AvgIpc) is 2.81. The molecule has 0 bridgehead atoms. The predicted octanol–water partition coefficient (Wildman–Crippen LogP) is 1.76. The Labute approximate surface area is 114 Å². The van der Waals surface area contributed by atoms with E-state index in [1.54, 1.807) is 12.1 Å². The fourth-order valence-electron chi connectivity index (χ4n) is 2.75. The van der Waals surface area contributed by atoms with Crippen LogP contribution in [0.25, 0.3) is 0 Å². The van der Waals surface area contributed by atoms with E-state index >= 15 is 0 Å². The summed E-state index contributed by atoms with van der Waals surface area (Å²) in [5.41, 5.74) is 2.45. The summed E-state index contributed by atoms with van der Waals surface area (Å²) in [4.78, 5) is 0.387. The van der Waals surface area contributed by atoms with Crippen LogP contribution < -0.4 is 10.0 Å². The molecule has 0 saturated heterocycles. The number of fused-ring (bicyclic) bond motifs is 1. The van der Waals surface area contributed by atoms with Gasteiger partial charge in [0.25, 0.3) is 0 Å². The Hall–Kier alpha value is -0.910. The van der Waals surface area contributed by atoms with Crippen molar-refractivity contribution in [3.8, 4) is 0 Å². The number of nitrogens with one attached hydrogen (secondary N) is 2. The Bertz CT molecular complexity index is 591. The number of sulfonamides is 1. The number of hydrogen-bond acceptors (Lipinski definition) is 3. The molecule has 19 heavy (non-hydrogen) atoms. The van der Waals surface area contributed by atoms with Crippen molar-refractivity contribution in [1.82, 2.24) is 10.0 Å². The maximum Gasteiger partial charge on any atom is 0.240 e. The molecular formula is C14H20N2O2S. The monoisotopic (exact) mass is 280 g/mol. The highest BCUT2D eigenvalue weighted by atomic mass is 32.2. The third-order valence-electron chi connectivity index (χ3n) is 4.37. The van der Waals surface area contributed by atoms with Gasteiger partial charge in [0.1, 0.15) is 0 Å². The second kappa shape index (κ2) is 4.58. The molecule has 1 aromatic carbocycles. The number of hydrogen-bond donors (Lipinski definition) is 2. The lowest BCUT2D eigenvalue weighted by Gasteiger charge is -2.38. The first-order valence-corrected chi connectivity index (χ1v) is 8.29. The average molecular weight is 280 g/mol. The van der Waals surface area contributed by atoms with Gasteiger partial charge in [0.15, 0.2) is 0 Å². The van der Waals surface area contributed by atoms with Crippen LogP contribution in [0.3, 0.4) is 0 Å². The van der Waals surface area contributed by atoms with Gasteiger partial charge in [0.2, 0.25) is 10.0 Å². The molecule has 4 nitrogen and oxygen atoms in total. The molecule has 1 aromatic rings. The van der Waals surface area contributed by atoms with Crippen LogP contribution in [0, 0.1) is 5.41 Å². The van der Waals surface area contributed by atoms with E-state index in [9.17, 15) is 8.42 Å². The van der Waals surface area contributed by atoms with Gasteiger partial charge in [-0.05, 0) is 41.5 Å². The van der Waals surface area contributed by atoms with E-state index in [1.165, 1.54) is 12.0 Å². The Kier molecular flexibility index (Phi) is 3.15. The molecule has 0 radical (unpaired) electrons. The molecule has 104 valence electrons. The van der Waals surface area contributed by atoms with Gasteiger partial charge in [-0.1, -0.05) is 19.4 Å². The van der Waals surface area contributed by atoms with E-state index < -0.39 is 10.0 Å². The summed E-state index contributed by atoms with van der Waals surface area (Å²) in [5.74, 6) is 0. The van der Waals surface area contributed by atoms with Gasteiger partial charge in [-0.3, -0.25) is 0 Å². The van der Waals surface area contributed by atoms with E-state index in [1.807, 2.05) is 6.07 Å². The third kappa shape index (κ3) is 2.55. The maximum atomic E-state index is 12.3.